The third-order valence-electron chi connectivity index (χ3n) is 6.01. The van der Waals surface area contributed by atoms with E-state index in [4.69, 9.17) is 14.2 Å². The lowest BCUT2D eigenvalue weighted by atomic mass is 9.95. The highest BCUT2D eigenvalue weighted by atomic mass is 32.1. The highest BCUT2D eigenvalue weighted by Gasteiger charge is 2.48. The zero-order chi connectivity index (χ0) is 28.3. The molecular formula is C28H28N2O8S. The van der Waals surface area contributed by atoms with E-state index in [1.54, 1.807) is 38.1 Å². The van der Waals surface area contributed by atoms with Crippen LogP contribution in [-0.4, -0.2) is 53.2 Å². The minimum atomic E-state index is -1.13. The summed E-state index contributed by atoms with van der Waals surface area (Å²) in [5.41, 5.74) is 0.831. The molecule has 0 radical (unpaired) electrons. The zero-order valence-corrected chi connectivity index (χ0v) is 22.7. The Labute approximate surface area is 229 Å². The van der Waals surface area contributed by atoms with Crippen molar-refractivity contribution >= 4 is 39.9 Å². The molecule has 11 heteroatoms. The van der Waals surface area contributed by atoms with E-state index in [1.165, 1.54) is 25.3 Å². The fraction of sp³-hybridized carbons (Fsp3) is 0.286. The van der Waals surface area contributed by atoms with E-state index in [1.807, 2.05) is 6.92 Å². The number of carbonyl (C=O) groups is 3. The molecule has 4 rings (SSSR count). The van der Waals surface area contributed by atoms with Crippen LogP contribution in [0.5, 0.6) is 17.2 Å². The lowest BCUT2D eigenvalue weighted by Crippen LogP contribution is -2.29. The number of aryl methyl sites for hydroxylation is 1. The first-order chi connectivity index (χ1) is 18.7. The summed E-state index contributed by atoms with van der Waals surface area (Å²) in [6, 6.07) is 9.79. The number of carbonyl (C=O) groups excluding carboxylic acids is 3. The van der Waals surface area contributed by atoms with Gasteiger partial charge in [0, 0.05) is 5.56 Å². The summed E-state index contributed by atoms with van der Waals surface area (Å²) in [5, 5.41) is 21.7. The molecule has 39 heavy (non-hydrogen) atoms. The Morgan fingerprint density at radius 2 is 1.82 bits per heavy atom. The number of hydrogen-bond donors (Lipinski definition) is 2. The highest BCUT2D eigenvalue weighted by Crippen LogP contribution is 2.45. The molecule has 1 aromatic heterocycles. The summed E-state index contributed by atoms with van der Waals surface area (Å²) in [4.78, 5) is 44.8. The number of aromatic nitrogens is 1. The van der Waals surface area contributed by atoms with Crippen LogP contribution in [0.4, 0.5) is 5.13 Å². The predicted octanol–water partition coefficient (Wildman–Crippen LogP) is 4.76. The van der Waals surface area contributed by atoms with Gasteiger partial charge in [-0.3, -0.25) is 14.5 Å². The molecule has 1 saturated heterocycles. The number of aliphatic hydroxyl groups excluding tert-OH is 1. The number of Topliss-reactive ketones (excluding diaryl/α,β-unsaturated/α-hetero) is 1. The molecule has 2 heterocycles. The molecule has 10 nitrogen and oxygen atoms in total. The van der Waals surface area contributed by atoms with Crippen LogP contribution in [0.3, 0.4) is 0 Å². The SMILES string of the molecule is CCCOc1ccc(/C(O)=C2\C(=O)C(=O)N(c3nc(C)c(C(=O)OC)s3)C2c2ccc(O)c(OCC)c2)cc1. The second-order valence-corrected chi connectivity index (χ2v) is 9.58. The first-order valence-corrected chi connectivity index (χ1v) is 13.1. The number of amides is 1. The van der Waals surface area contributed by atoms with Gasteiger partial charge < -0.3 is 24.4 Å². The third kappa shape index (κ3) is 5.30. The van der Waals surface area contributed by atoms with Gasteiger partial charge >= 0.3 is 11.9 Å². The number of hydrogen-bond acceptors (Lipinski definition) is 10. The summed E-state index contributed by atoms with van der Waals surface area (Å²) in [6.07, 6.45) is 0.829. The molecule has 1 aliphatic heterocycles. The fourth-order valence-corrected chi connectivity index (χ4v) is 5.18. The normalized spacial score (nSPS) is 16.4. The minimum Gasteiger partial charge on any atom is -0.507 e. The van der Waals surface area contributed by atoms with E-state index in [0.717, 1.165) is 22.7 Å². The number of phenols is 1. The van der Waals surface area contributed by atoms with Gasteiger partial charge in [-0.25, -0.2) is 9.78 Å². The quantitative estimate of drug-likeness (QED) is 0.167. The number of anilines is 1. The maximum absolute atomic E-state index is 13.4. The van der Waals surface area contributed by atoms with Gasteiger partial charge in [0.25, 0.3) is 5.78 Å². The largest absolute Gasteiger partial charge is 0.507 e. The number of benzene rings is 2. The number of aliphatic hydroxyl groups is 1. The van der Waals surface area contributed by atoms with Gasteiger partial charge in [-0.15, -0.1) is 0 Å². The van der Waals surface area contributed by atoms with Crippen molar-refractivity contribution in [1.82, 2.24) is 4.98 Å². The number of phenolic OH excluding ortho intramolecular Hbond substituents is 1. The molecule has 204 valence electrons. The standard InChI is InChI=1S/C28H28N2O8S/c1-5-13-38-18-10-7-16(8-11-18)23(32)21-22(17-9-12-19(31)20(14-17)37-6-2)30(26(34)24(21)33)28-29-15(3)25(39-28)27(35)36-4/h7-12,14,22,31-32H,5-6,13H2,1-4H3/b23-21+. The van der Waals surface area contributed by atoms with Crippen molar-refractivity contribution in [2.75, 3.05) is 25.2 Å². The maximum atomic E-state index is 13.4. The van der Waals surface area contributed by atoms with E-state index in [-0.39, 0.29) is 33.7 Å². The van der Waals surface area contributed by atoms with Gasteiger partial charge in [-0.05, 0) is 62.2 Å². The molecule has 1 fully saturated rings. The first-order valence-electron chi connectivity index (χ1n) is 12.3. The van der Waals surface area contributed by atoms with Crippen LogP contribution in [0.2, 0.25) is 0 Å². The number of esters is 1. The molecule has 2 N–H and O–H groups in total. The van der Waals surface area contributed by atoms with Crippen molar-refractivity contribution in [3.63, 3.8) is 0 Å². The van der Waals surface area contributed by atoms with Crippen molar-refractivity contribution in [3.8, 4) is 17.2 Å². The second kappa shape index (κ2) is 11.6. The van der Waals surface area contributed by atoms with Gasteiger partial charge in [0.15, 0.2) is 16.6 Å². The fourth-order valence-electron chi connectivity index (χ4n) is 4.17. The monoisotopic (exact) mass is 552 g/mol. The van der Waals surface area contributed by atoms with Crippen LogP contribution in [-0.2, 0) is 14.3 Å². The van der Waals surface area contributed by atoms with Crippen molar-refractivity contribution < 1.29 is 38.8 Å². The number of ketones is 1. The summed E-state index contributed by atoms with van der Waals surface area (Å²) in [6.45, 7) is 6.11. The van der Waals surface area contributed by atoms with E-state index >= 15 is 0 Å². The molecule has 0 bridgehead atoms. The third-order valence-corrected chi connectivity index (χ3v) is 7.14. The number of ether oxygens (including phenoxy) is 3. The van der Waals surface area contributed by atoms with Crippen LogP contribution >= 0.6 is 11.3 Å². The Morgan fingerprint density at radius 1 is 1.10 bits per heavy atom. The molecule has 1 unspecified atom stereocenters. The maximum Gasteiger partial charge on any atom is 0.350 e. The van der Waals surface area contributed by atoms with Gasteiger partial charge in [0.2, 0.25) is 0 Å². The molecule has 1 atom stereocenters. The molecule has 0 spiro atoms. The van der Waals surface area contributed by atoms with Crippen molar-refractivity contribution in [1.29, 1.82) is 0 Å². The summed E-state index contributed by atoms with van der Waals surface area (Å²) < 4.78 is 15.9. The molecule has 3 aromatic rings. The Morgan fingerprint density at radius 3 is 2.46 bits per heavy atom. The van der Waals surface area contributed by atoms with Crippen LogP contribution in [0.25, 0.3) is 5.76 Å². The average Bonchev–Trinajstić information content (AvgIpc) is 3.44. The summed E-state index contributed by atoms with van der Waals surface area (Å²) >= 11 is 0.896. The van der Waals surface area contributed by atoms with Crippen LogP contribution in [0, 0.1) is 6.92 Å². The van der Waals surface area contributed by atoms with Crippen molar-refractivity contribution in [2.45, 2.75) is 33.2 Å². The summed E-state index contributed by atoms with van der Waals surface area (Å²) in [7, 11) is 1.23. The van der Waals surface area contributed by atoms with Crippen molar-refractivity contribution in [2.24, 2.45) is 0 Å². The first kappa shape index (κ1) is 27.6. The number of nitrogens with zero attached hydrogens (tertiary/aromatic N) is 2. The Kier molecular flexibility index (Phi) is 8.20. The molecule has 0 aliphatic carbocycles. The zero-order valence-electron chi connectivity index (χ0n) is 21.9. The Bertz CT molecular complexity index is 1440. The number of aromatic hydroxyl groups is 1. The van der Waals surface area contributed by atoms with Gasteiger partial charge in [0.05, 0.1) is 37.6 Å². The number of rotatable bonds is 9. The lowest BCUT2D eigenvalue weighted by molar-refractivity contribution is -0.132. The second-order valence-electron chi connectivity index (χ2n) is 8.60. The topological polar surface area (TPSA) is 135 Å². The van der Waals surface area contributed by atoms with Gasteiger partial charge in [0.1, 0.15) is 16.4 Å². The van der Waals surface area contributed by atoms with Crippen LogP contribution < -0.4 is 14.4 Å². The molecule has 0 saturated carbocycles. The molecule has 1 amide bonds. The van der Waals surface area contributed by atoms with E-state index < -0.39 is 29.5 Å². The smallest absolute Gasteiger partial charge is 0.350 e. The molecule has 1 aliphatic rings. The summed E-state index contributed by atoms with van der Waals surface area (Å²) in [5.74, 6) is -2.27. The average molecular weight is 553 g/mol. The van der Waals surface area contributed by atoms with Crippen molar-refractivity contribution in [3.05, 3.63) is 69.7 Å². The highest BCUT2D eigenvalue weighted by molar-refractivity contribution is 7.17. The predicted molar refractivity (Wildman–Crippen MR) is 144 cm³/mol. The minimum absolute atomic E-state index is 0.0772. The Balaban J connectivity index is 1.90. The molecule has 2 aromatic carbocycles. The van der Waals surface area contributed by atoms with Gasteiger partial charge in [-0.1, -0.05) is 24.3 Å². The molecular weight excluding hydrogens is 524 g/mol. The van der Waals surface area contributed by atoms with Gasteiger partial charge in [-0.2, -0.15) is 0 Å². The number of thiazole rings is 1. The lowest BCUT2D eigenvalue weighted by Gasteiger charge is -2.23. The number of methoxy groups -OCH3 is 1. The Hall–Kier alpha value is -4.38. The van der Waals surface area contributed by atoms with E-state index in [9.17, 15) is 24.6 Å². The van der Waals surface area contributed by atoms with E-state index in [2.05, 4.69) is 4.98 Å². The van der Waals surface area contributed by atoms with E-state index in [0.29, 0.717) is 29.2 Å². The van der Waals surface area contributed by atoms with Crippen LogP contribution in [0.1, 0.15) is 52.8 Å². The van der Waals surface area contributed by atoms with Crippen LogP contribution in [0.15, 0.2) is 48.0 Å².